The smallest absolute Gasteiger partial charge is 0.0716 e. The van der Waals surface area contributed by atoms with Crippen LogP contribution in [0.15, 0.2) is 42.5 Å². The zero-order valence-corrected chi connectivity index (χ0v) is 11.9. The molecule has 0 saturated heterocycles. The molecule has 1 nitrogen and oxygen atoms in total. The Kier molecular flexibility index (Phi) is 6.16. The highest BCUT2D eigenvalue weighted by atomic mass is 16.5. The topological polar surface area (TPSA) is 9.23 Å². The first-order valence-electron chi connectivity index (χ1n) is 7.65. The molecule has 0 N–H and O–H groups in total. The number of allylic oxidation sites excluding steroid dienone is 1. The van der Waals surface area contributed by atoms with Crippen molar-refractivity contribution < 1.29 is 4.74 Å². The molecule has 0 heterocycles. The van der Waals surface area contributed by atoms with E-state index in [1.165, 1.54) is 43.2 Å². The van der Waals surface area contributed by atoms with E-state index in [1.54, 1.807) is 0 Å². The Balaban J connectivity index is 1.55. The van der Waals surface area contributed by atoms with Crippen molar-refractivity contribution >= 4 is 0 Å². The minimum Gasteiger partial charge on any atom is -0.377 e. The molecule has 1 aliphatic rings. The Morgan fingerprint density at radius 2 is 1.84 bits per heavy atom. The maximum atomic E-state index is 5.72. The zero-order chi connectivity index (χ0) is 13.3. The molecular weight excluding hydrogens is 232 g/mol. The first kappa shape index (κ1) is 14.3. The highest BCUT2D eigenvalue weighted by Gasteiger charge is 2.15. The van der Waals surface area contributed by atoms with E-state index >= 15 is 0 Å². The Labute approximate surface area is 117 Å². The van der Waals surface area contributed by atoms with E-state index < -0.39 is 0 Å². The summed E-state index contributed by atoms with van der Waals surface area (Å²) in [6.07, 6.45) is 9.20. The molecule has 0 amide bonds. The van der Waals surface area contributed by atoms with Gasteiger partial charge >= 0.3 is 0 Å². The third-order valence-electron chi connectivity index (χ3n) is 4.08. The van der Waals surface area contributed by atoms with Crippen LogP contribution in [0.4, 0.5) is 0 Å². The molecule has 1 heteroatoms. The summed E-state index contributed by atoms with van der Waals surface area (Å²) in [6.45, 7) is 5.86. The summed E-state index contributed by atoms with van der Waals surface area (Å²) in [6, 6.07) is 10.4. The first-order chi connectivity index (χ1) is 9.36. The van der Waals surface area contributed by atoms with Gasteiger partial charge in [0.15, 0.2) is 0 Å². The van der Waals surface area contributed by atoms with Gasteiger partial charge in [0, 0.05) is 6.61 Å². The molecule has 1 fully saturated rings. The van der Waals surface area contributed by atoms with Crippen LogP contribution in [0.3, 0.4) is 0 Å². The van der Waals surface area contributed by atoms with Crippen molar-refractivity contribution in [2.24, 2.45) is 5.92 Å². The molecule has 1 saturated carbocycles. The van der Waals surface area contributed by atoms with Gasteiger partial charge < -0.3 is 4.74 Å². The Morgan fingerprint density at radius 3 is 2.58 bits per heavy atom. The van der Waals surface area contributed by atoms with Gasteiger partial charge in [0.2, 0.25) is 0 Å². The van der Waals surface area contributed by atoms with Gasteiger partial charge in [0.05, 0.1) is 6.61 Å². The largest absolute Gasteiger partial charge is 0.377 e. The quantitative estimate of drug-likeness (QED) is 0.487. The van der Waals surface area contributed by atoms with Crippen molar-refractivity contribution in [3.05, 3.63) is 48.0 Å². The predicted octanol–water partition coefficient (Wildman–Crippen LogP) is 5.12. The highest BCUT2D eigenvalue weighted by molar-refractivity contribution is 5.13. The summed E-state index contributed by atoms with van der Waals surface area (Å²) in [5.74, 6) is 0.794. The van der Waals surface area contributed by atoms with Gasteiger partial charge in [-0.3, -0.25) is 0 Å². The molecule has 104 valence electrons. The lowest BCUT2D eigenvalue weighted by Crippen LogP contribution is -2.09. The SMILES string of the molecule is C=C(CCCOCc1ccccc1)C1CCCCC1. The van der Waals surface area contributed by atoms with E-state index in [2.05, 4.69) is 30.8 Å². The van der Waals surface area contributed by atoms with Gasteiger partial charge in [0.1, 0.15) is 0 Å². The minimum absolute atomic E-state index is 0.733. The lowest BCUT2D eigenvalue weighted by atomic mass is 9.83. The van der Waals surface area contributed by atoms with Crippen molar-refractivity contribution in [3.8, 4) is 0 Å². The molecule has 2 rings (SSSR count). The van der Waals surface area contributed by atoms with Crippen LogP contribution >= 0.6 is 0 Å². The maximum absolute atomic E-state index is 5.72. The molecular formula is C18H26O. The van der Waals surface area contributed by atoms with Crippen LogP contribution in [0.5, 0.6) is 0 Å². The molecule has 0 spiro atoms. The summed E-state index contributed by atoms with van der Waals surface area (Å²) in [4.78, 5) is 0. The lowest BCUT2D eigenvalue weighted by molar-refractivity contribution is 0.118. The fourth-order valence-electron chi connectivity index (χ4n) is 2.88. The van der Waals surface area contributed by atoms with E-state index in [4.69, 9.17) is 4.74 Å². The van der Waals surface area contributed by atoms with Crippen molar-refractivity contribution in [2.75, 3.05) is 6.61 Å². The number of ether oxygens (including phenoxy) is 1. The number of rotatable bonds is 7. The van der Waals surface area contributed by atoms with Gasteiger partial charge in [-0.25, -0.2) is 0 Å². The van der Waals surface area contributed by atoms with Gasteiger partial charge in [-0.05, 0) is 37.2 Å². The molecule has 19 heavy (non-hydrogen) atoms. The third kappa shape index (κ3) is 5.20. The first-order valence-corrected chi connectivity index (χ1v) is 7.65. The fourth-order valence-corrected chi connectivity index (χ4v) is 2.88. The second-order valence-corrected chi connectivity index (χ2v) is 5.63. The number of hydrogen-bond donors (Lipinski definition) is 0. The molecule has 0 aromatic heterocycles. The summed E-state index contributed by atoms with van der Waals surface area (Å²) < 4.78 is 5.72. The van der Waals surface area contributed by atoms with Crippen molar-refractivity contribution in [1.82, 2.24) is 0 Å². The standard InChI is InChI=1S/C18H26O/c1-16(18-12-6-3-7-13-18)9-8-14-19-15-17-10-4-2-5-11-17/h2,4-5,10-11,18H,1,3,6-9,12-15H2. The van der Waals surface area contributed by atoms with Crippen LogP contribution in [0.2, 0.25) is 0 Å². The summed E-state index contributed by atoms with van der Waals surface area (Å²) >= 11 is 0. The average molecular weight is 258 g/mol. The van der Waals surface area contributed by atoms with Crippen molar-refractivity contribution in [1.29, 1.82) is 0 Å². The average Bonchev–Trinajstić information content (AvgIpc) is 2.49. The van der Waals surface area contributed by atoms with Crippen molar-refractivity contribution in [3.63, 3.8) is 0 Å². The Bertz CT molecular complexity index is 363. The van der Waals surface area contributed by atoms with Crippen LogP contribution < -0.4 is 0 Å². The molecule has 0 bridgehead atoms. The number of benzene rings is 1. The second kappa shape index (κ2) is 8.16. The Hall–Kier alpha value is -1.08. The number of hydrogen-bond acceptors (Lipinski definition) is 1. The van der Waals surface area contributed by atoms with E-state index in [-0.39, 0.29) is 0 Å². The van der Waals surface area contributed by atoms with Crippen LogP contribution in [0, 0.1) is 5.92 Å². The van der Waals surface area contributed by atoms with Gasteiger partial charge in [0.25, 0.3) is 0 Å². The van der Waals surface area contributed by atoms with Crippen LogP contribution in [0.25, 0.3) is 0 Å². The monoisotopic (exact) mass is 258 g/mol. The van der Waals surface area contributed by atoms with Crippen LogP contribution in [-0.4, -0.2) is 6.61 Å². The minimum atomic E-state index is 0.733. The zero-order valence-electron chi connectivity index (χ0n) is 11.9. The van der Waals surface area contributed by atoms with Crippen LogP contribution in [-0.2, 0) is 11.3 Å². The predicted molar refractivity (Wildman–Crippen MR) is 81.0 cm³/mol. The molecule has 0 atom stereocenters. The molecule has 1 aliphatic carbocycles. The van der Waals surface area contributed by atoms with Crippen molar-refractivity contribution in [2.45, 2.75) is 51.6 Å². The Morgan fingerprint density at radius 1 is 1.11 bits per heavy atom. The van der Waals surface area contributed by atoms with E-state index in [0.29, 0.717) is 0 Å². The second-order valence-electron chi connectivity index (χ2n) is 5.63. The van der Waals surface area contributed by atoms with E-state index in [1.807, 2.05) is 6.07 Å². The van der Waals surface area contributed by atoms with Gasteiger partial charge in [-0.2, -0.15) is 0 Å². The maximum Gasteiger partial charge on any atom is 0.0716 e. The third-order valence-corrected chi connectivity index (χ3v) is 4.08. The molecule has 0 aliphatic heterocycles. The summed E-state index contributed by atoms with van der Waals surface area (Å²) in [5, 5.41) is 0. The highest BCUT2D eigenvalue weighted by Crippen LogP contribution is 2.30. The molecule has 0 radical (unpaired) electrons. The lowest BCUT2D eigenvalue weighted by Gasteiger charge is -2.23. The van der Waals surface area contributed by atoms with E-state index in [9.17, 15) is 0 Å². The van der Waals surface area contributed by atoms with Crippen LogP contribution in [0.1, 0.15) is 50.5 Å². The molecule has 1 aromatic carbocycles. The summed E-state index contributed by atoms with van der Waals surface area (Å²) in [7, 11) is 0. The fraction of sp³-hybridized carbons (Fsp3) is 0.556. The molecule has 0 unspecified atom stereocenters. The van der Waals surface area contributed by atoms with E-state index in [0.717, 1.165) is 32.0 Å². The van der Waals surface area contributed by atoms with Gasteiger partial charge in [-0.15, -0.1) is 0 Å². The summed E-state index contributed by atoms with van der Waals surface area (Å²) in [5.41, 5.74) is 2.72. The van der Waals surface area contributed by atoms with Gasteiger partial charge in [-0.1, -0.05) is 61.7 Å². The molecule has 1 aromatic rings. The normalized spacial score (nSPS) is 16.4.